The van der Waals surface area contributed by atoms with E-state index < -0.39 is 0 Å². The summed E-state index contributed by atoms with van der Waals surface area (Å²) >= 11 is 0. The minimum Gasteiger partial charge on any atom is -0.370 e. The van der Waals surface area contributed by atoms with Gasteiger partial charge in [-0.2, -0.15) is 0 Å². The van der Waals surface area contributed by atoms with E-state index in [1.807, 2.05) is 0 Å². The fourth-order valence-corrected chi connectivity index (χ4v) is 4.61. The molecule has 2 saturated heterocycles. The molecule has 3 rings (SSSR count). The van der Waals surface area contributed by atoms with Crippen molar-refractivity contribution in [1.29, 1.82) is 0 Å². The van der Waals surface area contributed by atoms with Crippen molar-refractivity contribution in [3.05, 3.63) is 12.2 Å². The minimum atomic E-state index is 0.957. The van der Waals surface area contributed by atoms with E-state index in [2.05, 4.69) is 26.2 Å². The summed E-state index contributed by atoms with van der Waals surface area (Å²) < 4.78 is 8.06. The van der Waals surface area contributed by atoms with Crippen LogP contribution in [0.15, 0.2) is 12.2 Å². The van der Waals surface area contributed by atoms with Gasteiger partial charge in [0, 0.05) is 18.3 Å². The molecule has 0 aromatic rings. The Kier molecular flexibility index (Phi) is 4.21. The molecule has 2 unspecified atom stereocenters. The molecule has 0 bridgehead atoms. The number of rotatable bonds is 4. The van der Waals surface area contributed by atoms with Gasteiger partial charge in [-0.05, 0) is 12.8 Å². The van der Waals surface area contributed by atoms with E-state index in [4.69, 9.17) is 4.74 Å². The van der Waals surface area contributed by atoms with Crippen molar-refractivity contribution in [1.82, 2.24) is 0 Å². The van der Waals surface area contributed by atoms with Crippen LogP contribution in [0.25, 0.3) is 0 Å². The molecule has 3 nitrogen and oxygen atoms in total. The second-order valence-corrected chi connectivity index (χ2v) is 7.93. The van der Waals surface area contributed by atoms with Crippen molar-refractivity contribution >= 4 is 0 Å². The van der Waals surface area contributed by atoms with Crippen LogP contribution >= 0.6 is 0 Å². The van der Waals surface area contributed by atoms with Crippen LogP contribution < -0.4 is 0 Å². The largest absolute Gasteiger partial charge is 0.370 e. The third kappa shape index (κ3) is 3.26. The molecular weight excluding hydrogens is 248 g/mol. The number of likely N-dealkylation sites (N-methyl/N-ethyl adjacent to an activating group) is 1. The first kappa shape index (κ1) is 14.6. The van der Waals surface area contributed by atoms with Gasteiger partial charge < -0.3 is 13.7 Å². The van der Waals surface area contributed by atoms with Gasteiger partial charge >= 0.3 is 0 Å². The standard InChI is InChI=1S/C17H32N2O/c1-18(10-12-20-13-11-18)8-5-9-19(2)14-16-6-3-4-7-17(16)15-19/h3-4,16-17H,5-15H2,1-2H3/q+2. The van der Waals surface area contributed by atoms with Gasteiger partial charge in [-0.3, -0.25) is 0 Å². The topological polar surface area (TPSA) is 9.23 Å². The highest BCUT2D eigenvalue weighted by Gasteiger charge is 2.42. The van der Waals surface area contributed by atoms with Crippen LogP contribution in [0.5, 0.6) is 0 Å². The smallest absolute Gasteiger partial charge is 0.102 e. The molecule has 2 atom stereocenters. The third-order valence-corrected chi connectivity index (χ3v) is 6.01. The van der Waals surface area contributed by atoms with Crippen molar-refractivity contribution in [2.75, 3.05) is 66.6 Å². The van der Waals surface area contributed by atoms with Gasteiger partial charge in [-0.25, -0.2) is 0 Å². The zero-order valence-electron chi connectivity index (χ0n) is 13.4. The van der Waals surface area contributed by atoms with Crippen molar-refractivity contribution in [2.24, 2.45) is 11.8 Å². The van der Waals surface area contributed by atoms with E-state index in [9.17, 15) is 0 Å². The van der Waals surface area contributed by atoms with E-state index >= 15 is 0 Å². The normalized spacial score (nSPS) is 39.7. The summed E-state index contributed by atoms with van der Waals surface area (Å²) in [5, 5.41) is 0. The average Bonchev–Trinajstić information content (AvgIpc) is 2.75. The van der Waals surface area contributed by atoms with E-state index in [1.54, 1.807) is 0 Å². The minimum absolute atomic E-state index is 0.957. The summed E-state index contributed by atoms with van der Waals surface area (Å²) in [5.74, 6) is 1.94. The Hall–Kier alpha value is -0.380. The quantitative estimate of drug-likeness (QED) is 0.564. The second-order valence-electron chi connectivity index (χ2n) is 7.93. The summed E-state index contributed by atoms with van der Waals surface area (Å²) in [6.07, 6.45) is 8.88. The van der Waals surface area contributed by atoms with E-state index in [0.29, 0.717) is 0 Å². The third-order valence-electron chi connectivity index (χ3n) is 6.01. The predicted octanol–water partition coefficient (Wildman–Crippen LogP) is 1.90. The summed E-state index contributed by atoms with van der Waals surface area (Å²) in [6, 6.07) is 0. The SMILES string of the molecule is C[N+]1(CCC[N+]2(C)CC3CC=CCC3C2)CCOCC1. The Balaban J connectivity index is 1.46. The van der Waals surface area contributed by atoms with E-state index in [0.717, 1.165) is 25.0 Å². The van der Waals surface area contributed by atoms with Crippen LogP contribution in [-0.2, 0) is 4.74 Å². The molecular formula is C17H32N2O+2. The highest BCUT2D eigenvalue weighted by atomic mass is 16.5. The Morgan fingerprint density at radius 1 is 0.900 bits per heavy atom. The molecule has 0 aromatic heterocycles. The lowest BCUT2D eigenvalue weighted by molar-refractivity contribution is -0.928. The zero-order valence-corrected chi connectivity index (χ0v) is 13.4. The molecule has 20 heavy (non-hydrogen) atoms. The van der Waals surface area contributed by atoms with Crippen LogP contribution in [0.4, 0.5) is 0 Å². The number of nitrogens with zero attached hydrogens (tertiary/aromatic N) is 2. The molecule has 114 valence electrons. The number of quaternary nitrogens is 2. The Morgan fingerprint density at radius 2 is 1.45 bits per heavy atom. The Morgan fingerprint density at radius 3 is 2.05 bits per heavy atom. The summed E-state index contributed by atoms with van der Waals surface area (Å²) in [4.78, 5) is 0. The lowest BCUT2D eigenvalue weighted by Crippen LogP contribution is -2.53. The van der Waals surface area contributed by atoms with Crippen molar-refractivity contribution in [3.8, 4) is 0 Å². The fraction of sp³-hybridized carbons (Fsp3) is 0.882. The molecule has 2 aliphatic heterocycles. The maximum absolute atomic E-state index is 5.50. The first-order valence-corrected chi connectivity index (χ1v) is 8.49. The van der Waals surface area contributed by atoms with Crippen molar-refractivity contribution in [2.45, 2.75) is 19.3 Å². The first-order chi connectivity index (χ1) is 9.59. The summed E-state index contributed by atoms with van der Waals surface area (Å²) in [6.45, 7) is 9.88. The number of hydrogen-bond donors (Lipinski definition) is 0. The molecule has 0 saturated carbocycles. The predicted molar refractivity (Wildman–Crippen MR) is 82.4 cm³/mol. The Bertz CT molecular complexity index is 344. The second kappa shape index (κ2) is 5.78. The average molecular weight is 280 g/mol. The van der Waals surface area contributed by atoms with Gasteiger partial charge in [0.15, 0.2) is 0 Å². The van der Waals surface area contributed by atoms with Gasteiger partial charge in [0.1, 0.15) is 13.1 Å². The van der Waals surface area contributed by atoms with E-state index in [-0.39, 0.29) is 0 Å². The van der Waals surface area contributed by atoms with Crippen LogP contribution in [0.3, 0.4) is 0 Å². The number of hydrogen-bond acceptors (Lipinski definition) is 1. The number of likely N-dealkylation sites (tertiary alicyclic amines) is 1. The molecule has 0 N–H and O–H groups in total. The first-order valence-electron chi connectivity index (χ1n) is 8.49. The van der Waals surface area contributed by atoms with Crippen LogP contribution in [0.1, 0.15) is 19.3 Å². The monoisotopic (exact) mass is 280 g/mol. The van der Waals surface area contributed by atoms with Gasteiger partial charge in [-0.1, -0.05) is 12.2 Å². The maximum atomic E-state index is 5.50. The molecule has 3 aliphatic rings. The summed E-state index contributed by atoms with van der Waals surface area (Å²) in [5.41, 5.74) is 0. The van der Waals surface area contributed by atoms with Gasteiger partial charge in [-0.15, -0.1) is 0 Å². The molecule has 2 fully saturated rings. The molecule has 0 spiro atoms. The highest BCUT2D eigenvalue weighted by Crippen LogP contribution is 2.36. The number of fused-ring (bicyclic) bond motifs is 1. The summed E-state index contributed by atoms with van der Waals surface area (Å²) in [7, 11) is 4.91. The lowest BCUT2D eigenvalue weighted by Gasteiger charge is -2.38. The molecule has 1 aliphatic carbocycles. The highest BCUT2D eigenvalue weighted by molar-refractivity contribution is 4.96. The maximum Gasteiger partial charge on any atom is 0.102 e. The molecule has 0 amide bonds. The number of allylic oxidation sites excluding steroid dienone is 2. The van der Waals surface area contributed by atoms with Crippen LogP contribution in [-0.4, -0.2) is 75.5 Å². The van der Waals surface area contributed by atoms with Crippen molar-refractivity contribution in [3.63, 3.8) is 0 Å². The van der Waals surface area contributed by atoms with Gasteiger partial charge in [0.05, 0.1) is 53.5 Å². The number of morpholine rings is 1. The van der Waals surface area contributed by atoms with Gasteiger partial charge in [0.2, 0.25) is 0 Å². The zero-order chi connectivity index (χ0) is 14.1. The van der Waals surface area contributed by atoms with Gasteiger partial charge in [0.25, 0.3) is 0 Å². The van der Waals surface area contributed by atoms with Crippen molar-refractivity contribution < 1.29 is 13.7 Å². The fourth-order valence-electron chi connectivity index (χ4n) is 4.61. The lowest BCUT2D eigenvalue weighted by atomic mass is 9.86. The number of ether oxygens (including phenoxy) is 1. The molecule has 0 aromatic carbocycles. The van der Waals surface area contributed by atoms with Crippen LogP contribution in [0, 0.1) is 11.8 Å². The molecule has 3 heteroatoms. The molecule has 0 radical (unpaired) electrons. The van der Waals surface area contributed by atoms with Crippen LogP contribution in [0.2, 0.25) is 0 Å². The Labute approximate surface area is 124 Å². The molecule has 2 heterocycles. The van der Waals surface area contributed by atoms with E-state index in [1.165, 1.54) is 67.5 Å².